The maximum atomic E-state index is 13.6. The van der Waals surface area contributed by atoms with Crippen LogP contribution in [0.25, 0.3) is 0 Å². The number of halogens is 1. The summed E-state index contributed by atoms with van der Waals surface area (Å²) < 4.78 is 25.7. The van der Waals surface area contributed by atoms with Gasteiger partial charge in [0.25, 0.3) is 0 Å². The van der Waals surface area contributed by atoms with E-state index in [4.69, 9.17) is 9.47 Å². The number of anilines is 2. The van der Waals surface area contributed by atoms with Gasteiger partial charge in [0.1, 0.15) is 11.6 Å². The van der Waals surface area contributed by atoms with E-state index in [-0.39, 0.29) is 11.6 Å². The first-order chi connectivity index (χ1) is 13.4. The average Bonchev–Trinajstić information content (AvgIpc) is 2.68. The van der Waals surface area contributed by atoms with Gasteiger partial charge in [-0.05, 0) is 42.7 Å². The monoisotopic (exact) mass is 383 g/mol. The van der Waals surface area contributed by atoms with Crippen molar-refractivity contribution >= 4 is 11.6 Å². The summed E-state index contributed by atoms with van der Waals surface area (Å²) in [5.74, 6) is 0.908. The van der Waals surface area contributed by atoms with E-state index in [9.17, 15) is 9.18 Å². The number of aromatic nitrogens is 2. The number of ether oxygens (including phenoxy) is 2. The molecule has 3 rings (SSSR count). The molecule has 0 bridgehead atoms. The Morgan fingerprint density at radius 3 is 2.54 bits per heavy atom. The molecule has 6 nitrogen and oxygen atoms in total. The molecule has 0 amide bonds. The molecule has 0 fully saturated rings. The first-order valence-electron chi connectivity index (χ1n) is 8.73. The van der Waals surface area contributed by atoms with E-state index in [1.165, 1.54) is 13.2 Å². The SMILES string of the molecule is COc1ccc(C)c(Nc2nc(=O)c(OC)cn2Cc2ccc(F)c(C)c2)c1. The largest absolute Gasteiger partial charge is 0.497 e. The molecule has 0 aliphatic carbocycles. The van der Waals surface area contributed by atoms with Crippen LogP contribution < -0.4 is 20.3 Å². The fourth-order valence-electron chi connectivity index (χ4n) is 2.82. The van der Waals surface area contributed by atoms with Crippen LogP contribution in [0.15, 0.2) is 47.4 Å². The van der Waals surface area contributed by atoms with Crippen molar-refractivity contribution in [3.05, 3.63) is 75.5 Å². The van der Waals surface area contributed by atoms with E-state index in [0.29, 0.717) is 23.8 Å². The van der Waals surface area contributed by atoms with Crippen molar-refractivity contribution < 1.29 is 13.9 Å². The fraction of sp³-hybridized carbons (Fsp3) is 0.238. The number of benzene rings is 2. The molecule has 3 aromatic rings. The maximum absolute atomic E-state index is 13.6. The van der Waals surface area contributed by atoms with E-state index >= 15 is 0 Å². The van der Waals surface area contributed by atoms with Crippen LogP contribution >= 0.6 is 0 Å². The Labute approximate surface area is 162 Å². The topological polar surface area (TPSA) is 65.4 Å². The minimum absolute atomic E-state index is 0.131. The minimum atomic E-state index is -0.475. The number of nitrogens with one attached hydrogen (secondary N) is 1. The molecular formula is C21H22FN3O3. The van der Waals surface area contributed by atoms with Crippen LogP contribution in [0.5, 0.6) is 11.5 Å². The summed E-state index contributed by atoms with van der Waals surface area (Å²) in [5, 5.41) is 3.20. The van der Waals surface area contributed by atoms with Gasteiger partial charge in [-0.25, -0.2) is 4.39 Å². The number of aryl methyl sites for hydroxylation is 2. The number of nitrogens with zero attached hydrogens (tertiary/aromatic N) is 2. The lowest BCUT2D eigenvalue weighted by Crippen LogP contribution is -2.19. The van der Waals surface area contributed by atoms with Gasteiger partial charge in [-0.1, -0.05) is 18.2 Å². The summed E-state index contributed by atoms with van der Waals surface area (Å²) in [4.78, 5) is 16.3. The van der Waals surface area contributed by atoms with E-state index in [0.717, 1.165) is 16.8 Å². The number of methoxy groups -OCH3 is 2. The Morgan fingerprint density at radius 2 is 1.86 bits per heavy atom. The lowest BCUT2D eigenvalue weighted by molar-refractivity contribution is 0.402. The summed E-state index contributed by atoms with van der Waals surface area (Å²) in [6.45, 7) is 4.04. The van der Waals surface area contributed by atoms with Crippen molar-refractivity contribution in [2.24, 2.45) is 0 Å². The minimum Gasteiger partial charge on any atom is -0.497 e. The van der Waals surface area contributed by atoms with Crippen molar-refractivity contribution in [3.63, 3.8) is 0 Å². The predicted octanol–water partition coefficient (Wildman–Crippen LogP) is 3.81. The van der Waals surface area contributed by atoms with Crippen LogP contribution in [0.1, 0.15) is 16.7 Å². The molecule has 0 saturated heterocycles. The van der Waals surface area contributed by atoms with Gasteiger partial charge in [0, 0.05) is 11.8 Å². The van der Waals surface area contributed by atoms with Crippen molar-refractivity contribution in [2.45, 2.75) is 20.4 Å². The highest BCUT2D eigenvalue weighted by atomic mass is 19.1. The third-order valence-corrected chi connectivity index (χ3v) is 4.45. The van der Waals surface area contributed by atoms with Gasteiger partial charge in [0.05, 0.1) is 27.0 Å². The molecule has 1 N–H and O–H groups in total. The van der Waals surface area contributed by atoms with Crippen LogP contribution in [0.4, 0.5) is 16.0 Å². The molecule has 0 aliphatic heterocycles. The molecule has 2 aromatic carbocycles. The molecule has 28 heavy (non-hydrogen) atoms. The van der Waals surface area contributed by atoms with Gasteiger partial charge >= 0.3 is 5.56 Å². The highest BCUT2D eigenvalue weighted by Crippen LogP contribution is 2.25. The zero-order chi connectivity index (χ0) is 20.3. The maximum Gasteiger partial charge on any atom is 0.316 e. The molecule has 0 radical (unpaired) electrons. The Kier molecular flexibility index (Phi) is 5.63. The molecule has 1 aromatic heterocycles. The van der Waals surface area contributed by atoms with E-state index in [2.05, 4.69) is 10.3 Å². The second-order valence-corrected chi connectivity index (χ2v) is 6.46. The Bertz CT molecular complexity index is 1060. The molecule has 0 atom stereocenters. The van der Waals surface area contributed by atoms with Gasteiger partial charge in [-0.15, -0.1) is 0 Å². The number of hydrogen-bond donors (Lipinski definition) is 1. The third kappa shape index (κ3) is 4.14. The summed E-state index contributed by atoms with van der Waals surface area (Å²) in [5.41, 5.74) is 2.68. The van der Waals surface area contributed by atoms with Crippen LogP contribution in [0.3, 0.4) is 0 Å². The second kappa shape index (κ2) is 8.12. The van der Waals surface area contributed by atoms with Crippen LogP contribution in [-0.2, 0) is 6.54 Å². The molecule has 1 heterocycles. The van der Waals surface area contributed by atoms with Crippen molar-refractivity contribution in [2.75, 3.05) is 19.5 Å². The standard InChI is InChI=1S/C21H22FN3O3/c1-13-5-7-16(27-3)10-18(13)23-21-24-20(26)19(28-4)12-25(21)11-15-6-8-17(22)14(2)9-15/h5-10,12H,11H2,1-4H3,(H,23,24,26). The van der Waals surface area contributed by atoms with E-state index in [1.54, 1.807) is 36.9 Å². The second-order valence-electron chi connectivity index (χ2n) is 6.46. The predicted molar refractivity (Wildman–Crippen MR) is 106 cm³/mol. The smallest absolute Gasteiger partial charge is 0.316 e. The highest BCUT2D eigenvalue weighted by molar-refractivity contribution is 5.61. The van der Waals surface area contributed by atoms with Crippen LogP contribution in [0, 0.1) is 19.7 Å². The molecule has 0 aliphatic rings. The number of hydrogen-bond acceptors (Lipinski definition) is 5. The van der Waals surface area contributed by atoms with Crippen LogP contribution in [-0.4, -0.2) is 23.8 Å². The van der Waals surface area contributed by atoms with Crippen molar-refractivity contribution in [1.29, 1.82) is 0 Å². The molecule has 0 unspecified atom stereocenters. The lowest BCUT2D eigenvalue weighted by atomic mass is 10.1. The summed E-state index contributed by atoms with van der Waals surface area (Å²) in [6.07, 6.45) is 1.59. The quantitative estimate of drug-likeness (QED) is 0.701. The van der Waals surface area contributed by atoms with Gasteiger partial charge in [0.15, 0.2) is 0 Å². The van der Waals surface area contributed by atoms with Crippen LogP contribution in [0.2, 0.25) is 0 Å². The fourth-order valence-corrected chi connectivity index (χ4v) is 2.82. The van der Waals surface area contributed by atoms with E-state index in [1.807, 2.05) is 25.1 Å². The van der Waals surface area contributed by atoms with Gasteiger partial charge in [-0.2, -0.15) is 4.98 Å². The molecular weight excluding hydrogens is 361 g/mol. The first kappa shape index (κ1) is 19.4. The Balaban J connectivity index is 2.03. The third-order valence-electron chi connectivity index (χ3n) is 4.45. The van der Waals surface area contributed by atoms with Gasteiger partial charge in [-0.3, -0.25) is 4.79 Å². The summed E-state index contributed by atoms with van der Waals surface area (Å²) in [7, 11) is 3.01. The summed E-state index contributed by atoms with van der Waals surface area (Å²) >= 11 is 0. The first-order valence-corrected chi connectivity index (χ1v) is 8.73. The van der Waals surface area contributed by atoms with Gasteiger partial charge in [0.2, 0.25) is 11.7 Å². The molecule has 0 spiro atoms. The lowest BCUT2D eigenvalue weighted by Gasteiger charge is -2.17. The average molecular weight is 383 g/mol. The van der Waals surface area contributed by atoms with E-state index < -0.39 is 5.56 Å². The number of rotatable bonds is 6. The normalized spacial score (nSPS) is 10.6. The Morgan fingerprint density at radius 1 is 1.07 bits per heavy atom. The van der Waals surface area contributed by atoms with Crippen molar-refractivity contribution in [1.82, 2.24) is 9.55 Å². The van der Waals surface area contributed by atoms with Crippen molar-refractivity contribution in [3.8, 4) is 11.5 Å². The summed E-state index contributed by atoms with van der Waals surface area (Å²) in [6, 6.07) is 10.5. The molecule has 7 heteroatoms. The zero-order valence-electron chi connectivity index (χ0n) is 16.2. The van der Waals surface area contributed by atoms with Gasteiger partial charge < -0.3 is 19.4 Å². The highest BCUT2D eigenvalue weighted by Gasteiger charge is 2.12. The zero-order valence-corrected chi connectivity index (χ0v) is 16.2. The molecule has 0 saturated carbocycles. The Hall–Kier alpha value is -3.35. The molecule has 146 valence electrons.